The van der Waals surface area contributed by atoms with Crippen molar-refractivity contribution >= 4 is 11.9 Å². The minimum Gasteiger partial charge on any atom is -0.466 e. The Kier molecular flexibility index (Phi) is 13.4. The van der Waals surface area contributed by atoms with Gasteiger partial charge in [0.25, 0.3) is 0 Å². The summed E-state index contributed by atoms with van der Waals surface area (Å²) in [4.78, 5) is 31.4. The summed E-state index contributed by atoms with van der Waals surface area (Å²) in [5, 5.41) is 0. The van der Waals surface area contributed by atoms with Gasteiger partial charge >= 0.3 is 11.9 Å². The minimum atomic E-state index is -0.00767. The number of aryl methyl sites for hydroxylation is 1. The normalized spacial score (nSPS) is 29.3. The zero-order valence-corrected chi connectivity index (χ0v) is 30.3. The standard InChI is InChI=1S/C41H67N3O4/c1-2-3-4-5-7-13-18-28-47-32(45)21-15-10-9-12-17-24-43(25-20-26-44-27-22-42-31-44)23-16-11-6-8-14-19-29-48-33(46)30-41-38-35-34-36(38)40(41)37(34)39(35)41/h22,27,31,34-40H,2-21,23-26,28-30H2,1H3. The van der Waals surface area contributed by atoms with Crippen LogP contribution in [0, 0.1) is 46.8 Å². The molecule has 0 spiro atoms. The van der Waals surface area contributed by atoms with Gasteiger partial charge in [-0.2, -0.15) is 0 Å². The van der Waals surface area contributed by atoms with Crippen LogP contribution in [0.1, 0.15) is 142 Å². The monoisotopic (exact) mass is 666 g/mol. The van der Waals surface area contributed by atoms with Gasteiger partial charge in [-0.3, -0.25) is 9.59 Å². The molecule has 1 heterocycles. The van der Waals surface area contributed by atoms with E-state index in [1.807, 2.05) is 12.5 Å². The highest BCUT2D eigenvalue weighted by molar-refractivity contribution is 5.73. The molecule has 6 fully saturated rings. The quantitative estimate of drug-likeness (QED) is 0.0583. The van der Waals surface area contributed by atoms with Gasteiger partial charge in [0.05, 0.1) is 26.0 Å². The number of esters is 2. The van der Waals surface area contributed by atoms with E-state index in [1.165, 1.54) is 103 Å². The Balaban J connectivity index is 0.730. The summed E-state index contributed by atoms with van der Waals surface area (Å²) in [6.07, 6.45) is 30.0. The Hall–Kier alpha value is -1.89. The lowest BCUT2D eigenvalue weighted by molar-refractivity contribution is -0.613. The first-order valence-electron chi connectivity index (χ1n) is 20.7. The summed E-state index contributed by atoms with van der Waals surface area (Å²) in [7, 11) is 0. The largest absolute Gasteiger partial charge is 0.466 e. The maximum absolute atomic E-state index is 12.5. The summed E-state index contributed by atoms with van der Waals surface area (Å²) in [6, 6.07) is 0. The lowest BCUT2D eigenvalue weighted by Gasteiger charge is -3.07. The van der Waals surface area contributed by atoms with Crippen molar-refractivity contribution in [1.82, 2.24) is 14.5 Å². The van der Waals surface area contributed by atoms with Gasteiger partial charge in [0.2, 0.25) is 0 Å². The lowest BCUT2D eigenvalue weighted by Crippen LogP contribution is -3.05. The van der Waals surface area contributed by atoms with Gasteiger partial charge in [-0.15, -0.1) is 0 Å². The molecule has 270 valence electrons. The number of hydrogen-bond donors (Lipinski definition) is 0. The van der Waals surface area contributed by atoms with Crippen molar-refractivity contribution < 1.29 is 19.1 Å². The number of carbonyl (C=O) groups excluding carboxylic acids is 2. The highest BCUT2D eigenvalue weighted by Crippen LogP contribution is 3.06. The minimum absolute atomic E-state index is 0.00767. The number of ether oxygens (including phenoxy) is 2. The van der Waals surface area contributed by atoms with Crippen LogP contribution in [0.3, 0.4) is 0 Å². The third kappa shape index (κ3) is 7.86. The highest BCUT2D eigenvalue weighted by atomic mass is 16.5. The summed E-state index contributed by atoms with van der Waals surface area (Å²) in [5.74, 6) is 7.21. The Morgan fingerprint density at radius 2 is 1.17 bits per heavy atom. The van der Waals surface area contributed by atoms with E-state index in [0.29, 0.717) is 25.0 Å². The maximum Gasteiger partial charge on any atom is 0.306 e. The number of nitrogens with zero attached hydrogens (tertiary/aromatic N) is 3. The molecule has 0 radical (unpaired) electrons. The van der Waals surface area contributed by atoms with Crippen molar-refractivity contribution in [1.29, 1.82) is 0 Å². The average Bonchev–Trinajstić information content (AvgIpc) is 3.61. The number of carbonyl (C=O) groups is 2. The molecule has 7 heteroatoms. The van der Waals surface area contributed by atoms with Crippen LogP contribution >= 0.6 is 0 Å². The third-order valence-electron chi connectivity index (χ3n) is 13.6. The molecule has 0 N–H and O–H groups in total. The SMILES string of the molecule is CCCCCCCCCOC(=O)CCCCCCCN(CCCCCCCCOC(=O)CC12C3C4C5C3C1C5C42)CCCn1ccnc1. The second-order valence-corrected chi connectivity index (χ2v) is 16.4. The predicted molar refractivity (Wildman–Crippen MR) is 190 cm³/mol. The first-order valence-corrected chi connectivity index (χ1v) is 20.7. The van der Waals surface area contributed by atoms with Crippen LogP contribution < -0.4 is 0 Å². The van der Waals surface area contributed by atoms with Crippen molar-refractivity contribution in [2.24, 2.45) is 46.8 Å². The molecule has 6 saturated carbocycles. The van der Waals surface area contributed by atoms with E-state index in [-0.39, 0.29) is 11.9 Å². The van der Waals surface area contributed by atoms with Crippen LogP contribution in [0.25, 0.3) is 0 Å². The zero-order valence-electron chi connectivity index (χ0n) is 30.3. The fraction of sp³-hybridized carbons (Fsp3) is 0.878. The van der Waals surface area contributed by atoms with Crippen LogP contribution in [0.15, 0.2) is 18.7 Å². The van der Waals surface area contributed by atoms with Gasteiger partial charge in [0.15, 0.2) is 0 Å². The Morgan fingerprint density at radius 1 is 0.646 bits per heavy atom. The molecule has 0 aliphatic heterocycles. The van der Waals surface area contributed by atoms with E-state index >= 15 is 0 Å². The van der Waals surface area contributed by atoms with Crippen molar-refractivity contribution in [2.45, 2.75) is 148 Å². The summed E-state index contributed by atoms with van der Waals surface area (Å²) < 4.78 is 13.3. The molecule has 1 aromatic heterocycles. The molecule has 0 unspecified atom stereocenters. The molecule has 6 aliphatic carbocycles. The number of unbranched alkanes of at least 4 members (excludes halogenated alkanes) is 15. The number of hydrogen-bond acceptors (Lipinski definition) is 6. The Labute approximate surface area is 291 Å². The van der Waals surface area contributed by atoms with E-state index in [1.54, 1.807) is 0 Å². The first kappa shape index (κ1) is 35.9. The zero-order chi connectivity index (χ0) is 33.2. The molecule has 7 rings (SSSR count). The van der Waals surface area contributed by atoms with Crippen molar-refractivity contribution in [2.75, 3.05) is 32.8 Å². The fourth-order valence-corrected chi connectivity index (χ4v) is 11.3. The Bertz CT molecular complexity index is 1070. The van der Waals surface area contributed by atoms with Gasteiger partial charge in [0.1, 0.15) is 0 Å². The Morgan fingerprint density at radius 3 is 1.75 bits per heavy atom. The molecule has 0 amide bonds. The summed E-state index contributed by atoms with van der Waals surface area (Å²) >= 11 is 0. The molecule has 0 saturated heterocycles. The molecule has 0 atom stereocenters. The van der Waals surface area contributed by atoms with Crippen LogP contribution in [0.5, 0.6) is 0 Å². The van der Waals surface area contributed by atoms with E-state index in [0.717, 1.165) is 93.0 Å². The van der Waals surface area contributed by atoms with Crippen molar-refractivity contribution in [3.63, 3.8) is 0 Å². The maximum atomic E-state index is 12.5. The van der Waals surface area contributed by atoms with Gasteiger partial charge in [0, 0.05) is 25.4 Å². The predicted octanol–water partition coefficient (Wildman–Crippen LogP) is 8.85. The van der Waals surface area contributed by atoms with Crippen molar-refractivity contribution in [3.05, 3.63) is 18.7 Å². The fourth-order valence-electron chi connectivity index (χ4n) is 11.3. The second-order valence-electron chi connectivity index (χ2n) is 16.4. The molecule has 6 aliphatic rings. The van der Waals surface area contributed by atoms with Gasteiger partial charge < -0.3 is 18.9 Å². The number of rotatable bonds is 31. The first-order chi connectivity index (χ1) is 23.7. The third-order valence-corrected chi connectivity index (χ3v) is 13.6. The lowest BCUT2D eigenvalue weighted by atomic mass is 8.96. The van der Waals surface area contributed by atoms with Crippen LogP contribution in [0.4, 0.5) is 0 Å². The van der Waals surface area contributed by atoms with E-state index in [4.69, 9.17) is 9.47 Å². The number of imidazole rings is 1. The van der Waals surface area contributed by atoms with Gasteiger partial charge in [-0.05, 0) is 105 Å². The second kappa shape index (κ2) is 17.9. The smallest absolute Gasteiger partial charge is 0.306 e. The van der Waals surface area contributed by atoms with Crippen LogP contribution in [-0.2, 0) is 25.6 Å². The van der Waals surface area contributed by atoms with Gasteiger partial charge in [-0.25, -0.2) is 4.98 Å². The average molecular weight is 666 g/mol. The molecule has 7 nitrogen and oxygen atoms in total. The number of aromatic nitrogens is 2. The molecular weight excluding hydrogens is 598 g/mol. The van der Waals surface area contributed by atoms with E-state index < -0.39 is 0 Å². The molecule has 0 bridgehead atoms. The summed E-state index contributed by atoms with van der Waals surface area (Å²) in [6.45, 7) is 7.99. The van der Waals surface area contributed by atoms with E-state index in [2.05, 4.69) is 27.6 Å². The van der Waals surface area contributed by atoms with Gasteiger partial charge in [-0.1, -0.05) is 90.4 Å². The van der Waals surface area contributed by atoms with Crippen LogP contribution in [0.2, 0.25) is 0 Å². The molecule has 0 aromatic carbocycles. The van der Waals surface area contributed by atoms with Crippen molar-refractivity contribution in [3.8, 4) is 0 Å². The molecule has 48 heavy (non-hydrogen) atoms. The van der Waals surface area contributed by atoms with E-state index in [9.17, 15) is 9.59 Å². The summed E-state index contributed by atoms with van der Waals surface area (Å²) in [5.41, 5.74) is 0.461. The topological polar surface area (TPSA) is 73.7 Å². The molecular formula is C41H67N3O4. The molecule has 1 aromatic rings. The van der Waals surface area contributed by atoms with Crippen LogP contribution in [-0.4, -0.2) is 59.2 Å². The highest BCUT2D eigenvalue weighted by Gasteiger charge is 3.04.